The summed E-state index contributed by atoms with van der Waals surface area (Å²) in [5.41, 5.74) is 1.38. The van der Waals surface area contributed by atoms with Crippen LogP contribution in [0.25, 0.3) is 0 Å². The van der Waals surface area contributed by atoms with Gasteiger partial charge in [0.2, 0.25) is 5.91 Å². The van der Waals surface area contributed by atoms with Crippen LogP contribution in [0.5, 0.6) is 0 Å². The fraction of sp³-hybridized carbons (Fsp3) is 0.571. The van der Waals surface area contributed by atoms with Gasteiger partial charge in [0.15, 0.2) is 0 Å². The second kappa shape index (κ2) is 6.75. The molecule has 0 N–H and O–H groups in total. The molecule has 4 saturated heterocycles. The van der Waals surface area contributed by atoms with Gasteiger partial charge in [-0.25, -0.2) is 0 Å². The van der Waals surface area contributed by atoms with E-state index in [-0.39, 0.29) is 5.91 Å². The van der Waals surface area contributed by atoms with Crippen LogP contribution in [0.15, 0.2) is 36.7 Å². The maximum absolute atomic E-state index is 13.2. The fourth-order valence-electron chi connectivity index (χ4n) is 5.59. The van der Waals surface area contributed by atoms with E-state index in [9.17, 15) is 4.79 Å². The molecule has 27 heavy (non-hydrogen) atoms. The zero-order valence-electron chi connectivity index (χ0n) is 15.9. The van der Waals surface area contributed by atoms with Gasteiger partial charge in [-0.3, -0.25) is 9.69 Å². The van der Waals surface area contributed by atoms with E-state index in [1.54, 1.807) is 6.33 Å². The third kappa shape index (κ3) is 2.87. The molecular formula is C21H27N5O. The summed E-state index contributed by atoms with van der Waals surface area (Å²) in [6.07, 6.45) is 5.34. The predicted molar refractivity (Wildman–Crippen MR) is 102 cm³/mol. The zero-order valence-corrected chi connectivity index (χ0v) is 15.9. The molecule has 3 atom stereocenters. The van der Waals surface area contributed by atoms with Crippen LogP contribution in [-0.2, 0) is 18.3 Å². The van der Waals surface area contributed by atoms with Gasteiger partial charge in [-0.1, -0.05) is 30.3 Å². The average Bonchev–Trinajstić information content (AvgIpc) is 3.33. The Morgan fingerprint density at radius 3 is 2.63 bits per heavy atom. The number of aromatic nitrogens is 3. The van der Waals surface area contributed by atoms with Gasteiger partial charge < -0.3 is 9.47 Å². The Morgan fingerprint density at radius 1 is 1.15 bits per heavy atom. The van der Waals surface area contributed by atoms with Crippen molar-refractivity contribution in [3.8, 4) is 0 Å². The van der Waals surface area contributed by atoms with Gasteiger partial charge in [-0.05, 0) is 37.4 Å². The minimum absolute atomic E-state index is 0.278. The number of benzene rings is 1. The zero-order chi connectivity index (χ0) is 18.4. The highest BCUT2D eigenvalue weighted by Gasteiger charge is 2.54. The Labute approximate surface area is 160 Å². The Kier molecular flexibility index (Phi) is 4.23. The van der Waals surface area contributed by atoms with Gasteiger partial charge in [0.05, 0.1) is 6.04 Å². The smallest absolute Gasteiger partial charge is 0.223 e. The molecule has 4 aliphatic rings. The third-order valence-electron chi connectivity index (χ3n) is 6.91. The number of fused-ring (bicyclic) bond motifs is 2. The molecule has 2 bridgehead atoms. The molecule has 5 heterocycles. The number of likely N-dealkylation sites (tertiary alicyclic amines) is 1. The van der Waals surface area contributed by atoms with Crippen LogP contribution >= 0.6 is 0 Å². The molecule has 0 aliphatic carbocycles. The standard InChI is InChI=1S/C21H27N5O/c1-24-14-22-23-18(24)7-8-19(27)26-13-17(15-5-3-2-4-6-15)21-20(26)16-9-11-25(21)12-10-16/h2-6,14,16-17,20-21H,7-13H2,1H3/t17-,20+,21+/m0/s1. The highest BCUT2D eigenvalue weighted by molar-refractivity contribution is 5.77. The van der Waals surface area contributed by atoms with Crippen LogP contribution in [0.3, 0.4) is 0 Å². The van der Waals surface area contributed by atoms with Crippen molar-refractivity contribution in [1.29, 1.82) is 0 Å². The van der Waals surface area contributed by atoms with E-state index in [2.05, 4.69) is 50.3 Å². The number of carbonyl (C=O) groups is 1. The van der Waals surface area contributed by atoms with Gasteiger partial charge in [0.1, 0.15) is 12.2 Å². The summed E-state index contributed by atoms with van der Waals surface area (Å²) in [6, 6.07) is 11.7. The molecule has 0 saturated carbocycles. The van der Waals surface area contributed by atoms with Gasteiger partial charge >= 0.3 is 0 Å². The lowest BCUT2D eigenvalue weighted by atomic mass is 9.75. The second-order valence-electron chi connectivity index (χ2n) is 8.28. The van der Waals surface area contributed by atoms with Gasteiger partial charge in [-0.15, -0.1) is 10.2 Å². The number of carbonyl (C=O) groups excluding carboxylic acids is 1. The van der Waals surface area contributed by atoms with Crippen molar-refractivity contribution in [3.63, 3.8) is 0 Å². The van der Waals surface area contributed by atoms with E-state index in [0.29, 0.717) is 36.8 Å². The average molecular weight is 365 g/mol. The summed E-state index contributed by atoms with van der Waals surface area (Å²) < 4.78 is 1.90. The molecule has 2 aromatic rings. The Bertz CT molecular complexity index is 811. The highest BCUT2D eigenvalue weighted by Crippen LogP contribution is 2.46. The molecule has 1 aromatic heterocycles. The van der Waals surface area contributed by atoms with E-state index in [4.69, 9.17) is 0 Å². The van der Waals surface area contributed by atoms with E-state index in [1.807, 2.05) is 11.6 Å². The first-order valence-corrected chi connectivity index (χ1v) is 10.1. The normalized spacial score (nSPS) is 31.9. The number of amides is 1. The quantitative estimate of drug-likeness (QED) is 0.830. The second-order valence-corrected chi connectivity index (χ2v) is 8.28. The largest absolute Gasteiger partial charge is 0.337 e. The first kappa shape index (κ1) is 16.9. The Hall–Kier alpha value is -2.21. The van der Waals surface area contributed by atoms with Gasteiger partial charge in [-0.2, -0.15) is 0 Å². The molecule has 1 amide bonds. The van der Waals surface area contributed by atoms with E-state index < -0.39 is 0 Å². The van der Waals surface area contributed by atoms with Crippen LogP contribution in [0, 0.1) is 5.92 Å². The predicted octanol–water partition coefficient (Wildman–Crippen LogP) is 1.84. The maximum atomic E-state index is 13.2. The van der Waals surface area contributed by atoms with Gasteiger partial charge in [0, 0.05) is 38.4 Å². The van der Waals surface area contributed by atoms with E-state index >= 15 is 0 Å². The van der Waals surface area contributed by atoms with Crippen LogP contribution < -0.4 is 0 Å². The third-order valence-corrected chi connectivity index (χ3v) is 6.91. The van der Waals surface area contributed by atoms with Crippen molar-refractivity contribution in [2.75, 3.05) is 19.6 Å². The maximum Gasteiger partial charge on any atom is 0.223 e. The Balaban J connectivity index is 1.39. The van der Waals surface area contributed by atoms with Crippen LogP contribution in [0.4, 0.5) is 0 Å². The van der Waals surface area contributed by atoms with E-state index in [1.165, 1.54) is 31.5 Å². The van der Waals surface area contributed by atoms with Crippen molar-refractivity contribution in [2.45, 2.75) is 43.7 Å². The first-order chi connectivity index (χ1) is 13.2. The molecule has 4 aliphatic heterocycles. The summed E-state index contributed by atoms with van der Waals surface area (Å²) in [5, 5.41) is 8.06. The topological polar surface area (TPSA) is 54.3 Å². The van der Waals surface area contributed by atoms with Crippen LogP contribution in [0.1, 0.15) is 36.6 Å². The molecule has 6 heteroatoms. The lowest BCUT2D eigenvalue weighted by molar-refractivity contribution is -0.136. The van der Waals surface area contributed by atoms with Crippen LogP contribution in [0.2, 0.25) is 0 Å². The molecule has 142 valence electrons. The van der Waals surface area contributed by atoms with Crippen molar-refractivity contribution in [3.05, 3.63) is 48.0 Å². The SMILES string of the molecule is Cn1cnnc1CCC(=O)N1C[C@@H](c2ccccc2)[C@@H]2[C@H]1C1CCN2CC1. The molecule has 1 aromatic carbocycles. The summed E-state index contributed by atoms with van der Waals surface area (Å²) in [7, 11) is 1.94. The summed E-state index contributed by atoms with van der Waals surface area (Å²) >= 11 is 0. The van der Waals surface area contributed by atoms with Crippen LogP contribution in [-0.4, -0.2) is 62.2 Å². The van der Waals surface area contributed by atoms with Crippen molar-refractivity contribution in [2.24, 2.45) is 13.0 Å². The van der Waals surface area contributed by atoms with Crippen molar-refractivity contribution < 1.29 is 4.79 Å². The van der Waals surface area contributed by atoms with Gasteiger partial charge in [0.25, 0.3) is 0 Å². The number of nitrogens with zero attached hydrogens (tertiary/aromatic N) is 5. The number of rotatable bonds is 4. The minimum atomic E-state index is 0.278. The number of hydrogen-bond donors (Lipinski definition) is 0. The molecule has 0 spiro atoms. The molecule has 4 fully saturated rings. The molecule has 0 unspecified atom stereocenters. The number of hydrogen-bond acceptors (Lipinski definition) is 4. The summed E-state index contributed by atoms with van der Waals surface area (Å²) in [4.78, 5) is 18.1. The van der Waals surface area contributed by atoms with Crippen molar-refractivity contribution >= 4 is 5.91 Å². The highest BCUT2D eigenvalue weighted by atomic mass is 16.2. The number of aryl methyl sites for hydroxylation is 2. The molecule has 0 radical (unpaired) electrons. The molecular weight excluding hydrogens is 338 g/mol. The number of piperidine rings is 3. The minimum Gasteiger partial charge on any atom is -0.337 e. The summed E-state index contributed by atoms with van der Waals surface area (Å²) in [5.74, 6) is 2.25. The van der Waals surface area contributed by atoms with E-state index in [0.717, 1.165) is 12.4 Å². The Morgan fingerprint density at radius 2 is 1.93 bits per heavy atom. The lowest BCUT2D eigenvalue weighted by Crippen LogP contribution is -2.60. The lowest BCUT2D eigenvalue weighted by Gasteiger charge is -2.51. The monoisotopic (exact) mass is 365 g/mol. The van der Waals surface area contributed by atoms with Crippen molar-refractivity contribution in [1.82, 2.24) is 24.6 Å². The molecule has 6 rings (SSSR count). The fourth-order valence-corrected chi connectivity index (χ4v) is 5.59. The molecule has 6 nitrogen and oxygen atoms in total. The summed E-state index contributed by atoms with van der Waals surface area (Å²) in [6.45, 7) is 3.23. The first-order valence-electron chi connectivity index (χ1n) is 10.1.